The molecule has 174 valence electrons. The first kappa shape index (κ1) is 23.2. The highest BCUT2D eigenvalue weighted by Gasteiger charge is 2.36. The zero-order chi connectivity index (χ0) is 24.1. The second kappa shape index (κ2) is 9.91. The second-order valence-electron chi connectivity index (χ2n) is 7.65. The molecule has 1 heterocycles. The normalized spacial score (nSPS) is 11.4. The van der Waals surface area contributed by atoms with Gasteiger partial charge in [0.1, 0.15) is 5.82 Å². The van der Waals surface area contributed by atoms with Gasteiger partial charge in [0.2, 0.25) is 5.82 Å². The molecule has 1 aromatic heterocycles. The third-order valence-electron chi connectivity index (χ3n) is 5.17. The molecule has 0 unspecified atom stereocenters. The number of benzene rings is 3. The first-order chi connectivity index (χ1) is 16.3. The van der Waals surface area contributed by atoms with Gasteiger partial charge in [0.15, 0.2) is 0 Å². The van der Waals surface area contributed by atoms with Gasteiger partial charge in [0.05, 0.1) is 17.7 Å². The highest BCUT2D eigenvalue weighted by molar-refractivity contribution is 5.98. The number of anilines is 1. The first-order valence-electron chi connectivity index (χ1n) is 10.7. The van der Waals surface area contributed by atoms with E-state index in [0.29, 0.717) is 18.5 Å². The largest absolute Gasteiger partial charge is 0.462 e. The number of hydrogen-bond donors (Lipinski definition) is 0. The van der Waals surface area contributed by atoms with Crippen LogP contribution in [0.25, 0.3) is 10.9 Å². The Hall–Kier alpha value is -3.94. The number of ether oxygens (including phenoxy) is 1. The maximum Gasteiger partial charge on any atom is 0.451 e. The quantitative estimate of drug-likeness (QED) is 0.312. The molecule has 34 heavy (non-hydrogen) atoms. The third-order valence-corrected chi connectivity index (χ3v) is 5.17. The number of rotatable bonds is 7. The summed E-state index contributed by atoms with van der Waals surface area (Å²) in [6, 6.07) is 23.1. The lowest BCUT2D eigenvalue weighted by molar-refractivity contribution is -0.144. The number of hydrogen-bond acceptors (Lipinski definition) is 5. The van der Waals surface area contributed by atoms with E-state index in [2.05, 4.69) is 9.97 Å². The lowest BCUT2D eigenvalue weighted by Crippen LogP contribution is -2.25. The van der Waals surface area contributed by atoms with Gasteiger partial charge in [0.25, 0.3) is 0 Å². The summed E-state index contributed by atoms with van der Waals surface area (Å²) in [5.41, 5.74) is 2.12. The average molecular weight is 465 g/mol. The van der Waals surface area contributed by atoms with Crippen LogP contribution in [0.2, 0.25) is 0 Å². The Morgan fingerprint density at radius 2 is 1.47 bits per heavy atom. The summed E-state index contributed by atoms with van der Waals surface area (Å²) in [6.45, 7) is 2.48. The van der Waals surface area contributed by atoms with Crippen molar-refractivity contribution in [2.45, 2.75) is 26.2 Å². The Kier molecular flexibility index (Phi) is 6.77. The van der Waals surface area contributed by atoms with Crippen molar-refractivity contribution in [1.29, 1.82) is 0 Å². The van der Waals surface area contributed by atoms with Crippen molar-refractivity contribution >= 4 is 22.7 Å². The summed E-state index contributed by atoms with van der Waals surface area (Å²) >= 11 is 0. The minimum Gasteiger partial charge on any atom is -0.462 e. The molecular formula is C26H22F3N3O2. The standard InChI is InChI=1S/C26H22F3N3O2/c1-2-34-24(33)20-13-14-22-21(15-20)23(31-25(30-22)26(27,28)29)32(16-18-9-5-3-6-10-18)17-19-11-7-4-8-12-19/h3-15H,2,16-17H2,1H3. The summed E-state index contributed by atoms with van der Waals surface area (Å²) in [4.78, 5) is 21.8. The monoisotopic (exact) mass is 465 g/mol. The molecule has 5 nitrogen and oxygen atoms in total. The number of alkyl halides is 3. The summed E-state index contributed by atoms with van der Waals surface area (Å²) in [5.74, 6) is -1.70. The van der Waals surface area contributed by atoms with Gasteiger partial charge in [-0.2, -0.15) is 13.2 Å². The third kappa shape index (κ3) is 5.33. The number of fused-ring (bicyclic) bond motifs is 1. The van der Waals surface area contributed by atoms with Crippen molar-refractivity contribution in [3.63, 3.8) is 0 Å². The van der Waals surface area contributed by atoms with E-state index in [4.69, 9.17) is 4.74 Å². The minimum absolute atomic E-state index is 0.0937. The van der Waals surface area contributed by atoms with Crippen LogP contribution < -0.4 is 4.90 Å². The maximum absolute atomic E-state index is 13.7. The van der Waals surface area contributed by atoms with Gasteiger partial charge in [-0.1, -0.05) is 60.7 Å². The number of carbonyl (C=O) groups is 1. The topological polar surface area (TPSA) is 55.3 Å². The number of carbonyl (C=O) groups excluding carboxylic acids is 1. The van der Waals surface area contributed by atoms with Gasteiger partial charge >= 0.3 is 12.1 Å². The Balaban J connectivity index is 1.90. The number of aromatic nitrogens is 2. The lowest BCUT2D eigenvalue weighted by atomic mass is 10.1. The molecule has 0 amide bonds. The fraction of sp³-hybridized carbons (Fsp3) is 0.192. The van der Waals surface area contributed by atoms with Crippen LogP contribution in [0.15, 0.2) is 78.9 Å². The van der Waals surface area contributed by atoms with Gasteiger partial charge < -0.3 is 9.64 Å². The van der Waals surface area contributed by atoms with Crippen LogP contribution in [0.1, 0.15) is 34.2 Å². The number of halogens is 3. The van der Waals surface area contributed by atoms with Crippen LogP contribution in [-0.4, -0.2) is 22.5 Å². The van der Waals surface area contributed by atoms with E-state index in [1.165, 1.54) is 18.2 Å². The van der Waals surface area contributed by atoms with E-state index in [1.54, 1.807) is 11.8 Å². The molecule has 3 aromatic carbocycles. The summed E-state index contributed by atoms with van der Waals surface area (Å²) in [5, 5.41) is 0.338. The molecule has 0 saturated heterocycles. The SMILES string of the molecule is CCOC(=O)c1ccc2nc(C(F)(F)F)nc(N(Cc3ccccc3)Cc3ccccc3)c2c1. The molecule has 0 spiro atoms. The Bertz CT molecular complexity index is 1240. The Labute approximate surface area is 194 Å². The van der Waals surface area contributed by atoms with Crippen LogP contribution in [0.5, 0.6) is 0 Å². The van der Waals surface area contributed by atoms with Crippen LogP contribution in [0.3, 0.4) is 0 Å². The van der Waals surface area contributed by atoms with Crippen molar-refractivity contribution in [2.24, 2.45) is 0 Å². The zero-order valence-electron chi connectivity index (χ0n) is 18.4. The molecule has 0 bridgehead atoms. The van der Waals surface area contributed by atoms with Crippen LogP contribution >= 0.6 is 0 Å². The van der Waals surface area contributed by atoms with Crippen molar-refractivity contribution < 1.29 is 22.7 Å². The minimum atomic E-state index is -4.73. The molecule has 0 aliphatic heterocycles. The smallest absolute Gasteiger partial charge is 0.451 e. The molecular weight excluding hydrogens is 443 g/mol. The second-order valence-corrected chi connectivity index (χ2v) is 7.65. The van der Waals surface area contributed by atoms with Gasteiger partial charge in [-0.15, -0.1) is 0 Å². The van der Waals surface area contributed by atoms with Crippen molar-refractivity contribution in [3.8, 4) is 0 Å². The highest BCUT2D eigenvalue weighted by Crippen LogP contribution is 2.33. The fourth-order valence-electron chi connectivity index (χ4n) is 3.63. The van der Waals surface area contributed by atoms with Crippen LogP contribution in [0.4, 0.5) is 19.0 Å². The molecule has 0 aliphatic rings. The average Bonchev–Trinajstić information content (AvgIpc) is 2.83. The van der Waals surface area contributed by atoms with E-state index < -0.39 is 18.0 Å². The fourth-order valence-corrected chi connectivity index (χ4v) is 3.63. The molecule has 0 saturated carbocycles. The van der Waals surface area contributed by atoms with E-state index in [-0.39, 0.29) is 23.5 Å². The first-order valence-corrected chi connectivity index (χ1v) is 10.7. The summed E-state index contributed by atoms with van der Waals surface area (Å²) < 4.78 is 46.2. The highest BCUT2D eigenvalue weighted by atomic mass is 19.4. The lowest BCUT2D eigenvalue weighted by Gasteiger charge is -2.26. The summed E-state index contributed by atoms with van der Waals surface area (Å²) in [7, 11) is 0. The van der Waals surface area contributed by atoms with E-state index in [1.807, 2.05) is 60.7 Å². The molecule has 8 heteroatoms. The van der Waals surface area contributed by atoms with Crippen molar-refractivity contribution in [1.82, 2.24) is 9.97 Å². The zero-order valence-corrected chi connectivity index (χ0v) is 18.4. The molecule has 0 aliphatic carbocycles. The predicted molar refractivity (Wildman–Crippen MR) is 123 cm³/mol. The number of nitrogens with zero attached hydrogens (tertiary/aromatic N) is 3. The van der Waals surface area contributed by atoms with Crippen molar-refractivity contribution in [3.05, 3.63) is 101 Å². The van der Waals surface area contributed by atoms with Gasteiger partial charge in [-0.25, -0.2) is 14.8 Å². The Morgan fingerprint density at radius 1 is 0.882 bits per heavy atom. The van der Waals surface area contributed by atoms with Gasteiger partial charge in [-0.3, -0.25) is 0 Å². The van der Waals surface area contributed by atoms with Gasteiger partial charge in [-0.05, 0) is 36.2 Å². The van der Waals surface area contributed by atoms with E-state index >= 15 is 0 Å². The summed E-state index contributed by atoms with van der Waals surface area (Å²) in [6.07, 6.45) is -4.73. The van der Waals surface area contributed by atoms with E-state index in [9.17, 15) is 18.0 Å². The molecule has 4 aromatic rings. The molecule has 0 fully saturated rings. The molecule has 0 radical (unpaired) electrons. The molecule has 0 N–H and O–H groups in total. The van der Waals surface area contributed by atoms with Crippen molar-refractivity contribution in [2.75, 3.05) is 11.5 Å². The molecule has 4 rings (SSSR count). The van der Waals surface area contributed by atoms with Gasteiger partial charge in [0, 0.05) is 18.5 Å². The maximum atomic E-state index is 13.7. The number of esters is 1. The van der Waals surface area contributed by atoms with Crippen LogP contribution in [0, 0.1) is 0 Å². The Morgan fingerprint density at radius 3 is 2.00 bits per heavy atom. The van der Waals surface area contributed by atoms with Crippen LogP contribution in [-0.2, 0) is 24.0 Å². The predicted octanol–water partition coefficient (Wildman–Crippen LogP) is 6.03. The molecule has 0 atom stereocenters. The van der Waals surface area contributed by atoms with E-state index in [0.717, 1.165) is 11.1 Å².